The fraction of sp³-hybridized carbons (Fsp3) is 0.409. The molecule has 4 rings (SSSR count). The Morgan fingerprint density at radius 3 is 2.97 bits per heavy atom. The molecular weight excluding hydrogens is 448 g/mol. The van der Waals surface area contributed by atoms with Gasteiger partial charge in [-0.2, -0.15) is 0 Å². The molecule has 3 aromatic rings. The van der Waals surface area contributed by atoms with Crippen LogP contribution in [0.2, 0.25) is 0 Å². The number of carbonyl (C=O) groups is 2. The zero-order valence-corrected chi connectivity index (χ0v) is 19.8. The van der Waals surface area contributed by atoms with E-state index in [1.165, 1.54) is 34.8 Å². The highest BCUT2D eigenvalue weighted by Gasteiger charge is 2.29. The minimum atomic E-state index is -0.429. The van der Waals surface area contributed by atoms with Gasteiger partial charge in [0, 0.05) is 17.6 Å². The van der Waals surface area contributed by atoms with Gasteiger partial charge in [-0.3, -0.25) is 14.2 Å². The Kier molecular flexibility index (Phi) is 6.61. The number of carbonyl (C=O) groups excluding carboxylic acids is 2. The number of fused-ring (bicyclic) bond motifs is 2. The molecule has 0 aromatic carbocycles. The first kappa shape index (κ1) is 22.5. The molecule has 0 spiro atoms. The number of thiophene rings is 1. The van der Waals surface area contributed by atoms with Gasteiger partial charge in [0.25, 0.3) is 5.56 Å². The third-order valence-corrected chi connectivity index (χ3v) is 7.64. The maximum absolute atomic E-state index is 12.8. The van der Waals surface area contributed by atoms with E-state index >= 15 is 0 Å². The van der Waals surface area contributed by atoms with E-state index in [0.717, 1.165) is 29.7 Å². The number of hydrogen-bond donors (Lipinski definition) is 1. The van der Waals surface area contributed by atoms with Crippen LogP contribution < -0.4 is 10.9 Å². The lowest BCUT2D eigenvalue weighted by Gasteiger charge is -2.18. The van der Waals surface area contributed by atoms with Crippen molar-refractivity contribution in [3.8, 4) is 0 Å². The molecule has 0 fully saturated rings. The zero-order valence-electron chi connectivity index (χ0n) is 18.1. The van der Waals surface area contributed by atoms with E-state index in [4.69, 9.17) is 4.74 Å². The fourth-order valence-corrected chi connectivity index (χ4v) is 6.14. The van der Waals surface area contributed by atoms with Gasteiger partial charge in [-0.1, -0.05) is 18.7 Å². The highest BCUT2D eigenvalue weighted by Crippen LogP contribution is 2.40. The van der Waals surface area contributed by atoms with Gasteiger partial charge in [0.2, 0.25) is 5.91 Å². The normalized spacial score (nSPS) is 15.4. The molecule has 3 heterocycles. The Morgan fingerprint density at radius 1 is 1.41 bits per heavy atom. The van der Waals surface area contributed by atoms with E-state index in [9.17, 15) is 14.4 Å². The van der Waals surface area contributed by atoms with Crippen molar-refractivity contribution in [3.05, 3.63) is 44.7 Å². The van der Waals surface area contributed by atoms with Crippen molar-refractivity contribution in [2.24, 2.45) is 5.92 Å². The summed E-state index contributed by atoms with van der Waals surface area (Å²) in [5.41, 5.74) is 1.64. The second-order valence-corrected chi connectivity index (χ2v) is 9.75. The van der Waals surface area contributed by atoms with Crippen LogP contribution in [0.1, 0.15) is 41.1 Å². The molecule has 8 nitrogen and oxygen atoms in total. The number of aromatic nitrogens is 3. The van der Waals surface area contributed by atoms with Crippen LogP contribution in [0.3, 0.4) is 0 Å². The number of methoxy groups -OCH3 is 1. The van der Waals surface area contributed by atoms with E-state index in [1.54, 1.807) is 18.3 Å². The first-order valence-corrected chi connectivity index (χ1v) is 12.2. The van der Waals surface area contributed by atoms with E-state index in [0.29, 0.717) is 39.2 Å². The van der Waals surface area contributed by atoms with Gasteiger partial charge in [-0.15, -0.1) is 11.3 Å². The highest BCUT2D eigenvalue weighted by molar-refractivity contribution is 7.99. The number of thioether (sulfide) groups is 1. The Bertz CT molecular complexity index is 1250. The van der Waals surface area contributed by atoms with E-state index in [-0.39, 0.29) is 17.2 Å². The van der Waals surface area contributed by atoms with Crippen LogP contribution in [0.5, 0.6) is 0 Å². The molecule has 168 valence electrons. The summed E-state index contributed by atoms with van der Waals surface area (Å²) in [6, 6.07) is 3.39. The van der Waals surface area contributed by atoms with Gasteiger partial charge >= 0.3 is 5.97 Å². The monoisotopic (exact) mass is 472 g/mol. The Hall–Kier alpha value is -2.72. The third-order valence-electron chi connectivity index (χ3n) is 5.50. The average molecular weight is 473 g/mol. The van der Waals surface area contributed by atoms with Crippen molar-refractivity contribution in [1.29, 1.82) is 0 Å². The summed E-state index contributed by atoms with van der Waals surface area (Å²) in [4.78, 5) is 47.7. The molecule has 1 N–H and O–H groups in total. The van der Waals surface area contributed by atoms with E-state index in [2.05, 4.69) is 22.2 Å². The number of anilines is 1. The smallest absolute Gasteiger partial charge is 0.341 e. The molecule has 0 bridgehead atoms. The predicted molar refractivity (Wildman–Crippen MR) is 126 cm³/mol. The molecule has 0 aliphatic heterocycles. The van der Waals surface area contributed by atoms with Crippen molar-refractivity contribution in [2.75, 3.05) is 18.2 Å². The summed E-state index contributed by atoms with van der Waals surface area (Å²) in [5.74, 6) is -0.110. The number of hydrogen-bond acceptors (Lipinski definition) is 8. The van der Waals surface area contributed by atoms with Crippen LogP contribution in [0, 0.1) is 5.92 Å². The number of nitrogens with one attached hydrogen (secondary N) is 1. The molecule has 3 aromatic heterocycles. The van der Waals surface area contributed by atoms with Crippen LogP contribution in [0.4, 0.5) is 5.00 Å². The van der Waals surface area contributed by atoms with Crippen molar-refractivity contribution in [1.82, 2.24) is 14.5 Å². The Labute approximate surface area is 193 Å². The minimum absolute atomic E-state index is 0.0460. The van der Waals surface area contributed by atoms with Gasteiger partial charge in [0.15, 0.2) is 10.8 Å². The van der Waals surface area contributed by atoms with Crippen LogP contribution in [0.15, 0.2) is 28.3 Å². The second-order valence-electron chi connectivity index (χ2n) is 7.70. The number of amides is 1. The first-order valence-electron chi connectivity index (χ1n) is 10.4. The van der Waals surface area contributed by atoms with Gasteiger partial charge in [-0.05, 0) is 49.8 Å². The largest absolute Gasteiger partial charge is 0.465 e. The summed E-state index contributed by atoms with van der Waals surface area (Å²) >= 11 is 2.62. The van der Waals surface area contributed by atoms with Crippen molar-refractivity contribution in [2.45, 2.75) is 44.8 Å². The van der Waals surface area contributed by atoms with Gasteiger partial charge in [0.1, 0.15) is 5.00 Å². The van der Waals surface area contributed by atoms with Crippen LogP contribution in [0.25, 0.3) is 11.0 Å². The molecule has 1 aliphatic rings. The maximum atomic E-state index is 12.8. The quantitative estimate of drug-likeness (QED) is 0.333. The van der Waals surface area contributed by atoms with E-state index in [1.807, 2.05) is 6.92 Å². The number of rotatable bonds is 6. The van der Waals surface area contributed by atoms with Crippen molar-refractivity contribution >= 4 is 51.0 Å². The summed E-state index contributed by atoms with van der Waals surface area (Å²) in [6.45, 7) is 4.48. The summed E-state index contributed by atoms with van der Waals surface area (Å²) in [5, 5.41) is 4.30. The topological polar surface area (TPSA) is 103 Å². The molecule has 1 aliphatic carbocycles. The minimum Gasteiger partial charge on any atom is -0.465 e. The van der Waals surface area contributed by atoms with Gasteiger partial charge in [0.05, 0.1) is 23.8 Å². The standard InChI is InChI=1S/C22H24N4O4S2/c1-4-26-20(28)14-6-5-9-23-18(14)25-22(26)31-11-16(27)24-19-17(21(29)30-3)13-8-7-12(2)10-15(13)32-19/h5-6,9,12H,4,7-8,10-11H2,1-3H3,(H,24,27). The predicted octanol–water partition coefficient (Wildman–Crippen LogP) is 3.52. The molecule has 0 saturated heterocycles. The number of ether oxygens (including phenoxy) is 1. The van der Waals surface area contributed by atoms with Crippen molar-refractivity contribution in [3.63, 3.8) is 0 Å². The number of nitrogens with zero attached hydrogens (tertiary/aromatic N) is 3. The molecule has 10 heteroatoms. The lowest BCUT2D eigenvalue weighted by molar-refractivity contribution is -0.113. The average Bonchev–Trinajstić information content (AvgIpc) is 3.13. The SMILES string of the molecule is CCn1c(SCC(=O)Nc2sc3c(c2C(=O)OC)CCC(C)C3)nc2ncccc2c1=O. The third kappa shape index (κ3) is 4.29. The maximum Gasteiger partial charge on any atom is 0.341 e. The summed E-state index contributed by atoms with van der Waals surface area (Å²) in [6.07, 6.45) is 4.29. The highest BCUT2D eigenvalue weighted by atomic mass is 32.2. The van der Waals surface area contributed by atoms with E-state index < -0.39 is 5.97 Å². The van der Waals surface area contributed by atoms with Crippen LogP contribution >= 0.6 is 23.1 Å². The second kappa shape index (κ2) is 9.41. The van der Waals surface area contributed by atoms with Gasteiger partial charge < -0.3 is 10.1 Å². The molecule has 1 atom stereocenters. The summed E-state index contributed by atoms with van der Waals surface area (Å²) < 4.78 is 6.51. The molecule has 1 unspecified atom stereocenters. The number of pyridine rings is 1. The molecular formula is C22H24N4O4S2. The van der Waals surface area contributed by atoms with Crippen molar-refractivity contribution < 1.29 is 14.3 Å². The van der Waals surface area contributed by atoms with Gasteiger partial charge in [-0.25, -0.2) is 14.8 Å². The Balaban J connectivity index is 1.55. The molecule has 1 amide bonds. The Morgan fingerprint density at radius 2 is 2.22 bits per heavy atom. The lowest BCUT2D eigenvalue weighted by atomic mass is 9.88. The number of esters is 1. The van der Waals surface area contributed by atoms with Crippen LogP contribution in [-0.4, -0.2) is 39.3 Å². The lowest BCUT2D eigenvalue weighted by Crippen LogP contribution is -2.24. The fourth-order valence-electron chi connectivity index (χ4n) is 3.87. The van der Waals surface area contributed by atoms with Crippen LogP contribution in [-0.2, 0) is 28.9 Å². The molecule has 32 heavy (non-hydrogen) atoms. The molecule has 0 saturated carbocycles. The molecule has 0 radical (unpaired) electrons. The zero-order chi connectivity index (χ0) is 22.8. The first-order chi connectivity index (χ1) is 15.4. The summed E-state index contributed by atoms with van der Waals surface area (Å²) in [7, 11) is 1.35.